The van der Waals surface area contributed by atoms with Crippen LogP contribution in [0.1, 0.15) is 43.7 Å². The number of rotatable bonds is 4. The topological polar surface area (TPSA) is 15.3 Å². The van der Waals surface area contributed by atoms with Crippen LogP contribution in [-0.4, -0.2) is 31.1 Å². The zero-order chi connectivity index (χ0) is 14.5. The Morgan fingerprint density at radius 1 is 1.24 bits per heavy atom. The standard InChI is InChI=1S/C19H30N2/c1-16(18-8-4-11-20-14-18)10-13-21-12-5-9-17-6-2-3-7-19(17)15-21/h2-3,6-7,16,18,20H,4-5,8-15H2,1H3. The van der Waals surface area contributed by atoms with Gasteiger partial charge in [-0.3, -0.25) is 4.90 Å². The SMILES string of the molecule is CC(CCN1CCCc2ccccc2C1)C1CCCNC1. The molecule has 2 heteroatoms. The molecule has 0 radical (unpaired) electrons. The van der Waals surface area contributed by atoms with E-state index in [1.807, 2.05) is 0 Å². The Bertz CT molecular complexity index is 437. The number of nitrogens with zero attached hydrogens (tertiary/aromatic N) is 1. The molecular formula is C19H30N2. The van der Waals surface area contributed by atoms with E-state index in [1.165, 1.54) is 58.3 Å². The lowest BCUT2D eigenvalue weighted by molar-refractivity contribution is 0.209. The summed E-state index contributed by atoms with van der Waals surface area (Å²) < 4.78 is 0. The van der Waals surface area contributed by atoms with Crippen LogP contribution in [0.5, 0.6) is 0 Å². The highest BCUT2D eigenvalue weighted by molar-refractivity contribution is 5.27. The van der Waals surface area contributed by atoms with Crippen molar-refractivity contribution < 1.29 is 0 Å². The zero-order valence-electron chi connectivity index (χ0n) is 13.5. The molecule has 2 heterocycles. The molecule has 3 rings (SSSR count). The Morgan fingerprint density at radius 3 is 2.90 bits per heavy atom. The monoisotopic (exact) mass is 286 g/mol. The molecule has 2 nitrogen and oxygen atoms in total. The lowest BCUT2D eigenvalue weighted by atomic mass is 9.85. The average molecular weight is 286 g/mol. The van der Waals surface area contributed by atoms with E-state index in [1.54, 1.807) is 11.1 Å². The molecule has 2 atom stereocenters. The predicted molar refractivity (Wildman–Crippen MR) is 89.4 cm³/mol. The first-order valence-corrected chi connectivity index (χ1v) is 8.83. The molecule has 0 bridgehead atoms. The normalized spacial score (nSPS) is 25.1. The molecule has 0 amide bonds. The average Bonchev–Trinajstić information content (AvgIpc) is 2.75. The smallest absolute Gasteiger partial charge is 0.0236 e. The van der Waals surface area contributed by atoms with Crippen LogP contribution in [0.3, 0.4) is 0 Å². The molecule has 2 aliphatic heterocycles. The first-order valence-electron chi connectivity index (χ1n) is 8.83. The second-order valence-corrected chi connectivity index (χ2v) is 7.02. The van der Waals surface area contributed by atoms with Gasteiger partial charge in [0.25, 0.3) is 0 Å². The van der Waals surface area contributed by atoms with Gasteiger partial charge in [0.2, 0.25) is 0 Å². The van der Waals surface area contributed by atoms with Crippen molar-refractivity contribution in [2.75, 3.05) is 26.2 Å². The van der Waals surface area contributed by atoms with Gasteiger partial charge in [0.1, 0.15) is 0 Å². The van der Waals surface area contributed by atoms with Crippen LogP contribution in [0.25, 0.3) is 0 Å². The first-order chi connectivity index (χ1) is 10.3. The molecule has 2 unspecified atom stereocenters. The largest absolute Gasteiger partial charge is 0.316 e. The van der Waals surface area contributed by atoms with Gasteiger partial charge in [-0.2, -0.15) is 0 Å². The van der Waals surface area contributed by atoms with Gasteiger partial charge in [-0.1, -0.05) is 31.2 Å². The van der Waals surface area contributed by atoms with Gasteiger partial charge in [-0.25, -0.2) is 0 Å². The molecule has 1 N–H and O–H groups in total. The summed E-state index contributed by atoms with van der Waals surface area (Å²) in [6, 6.07) is 9.02. The molecule has 116 valence electrons. The van der Waals surface area contributed by atoms with Crippen LogP contribution in [0.15, 0.2) is 24.3 Å². The molecule has 1 fully saturated rings. The van der Waals surface area contributed by atoms with Crippen molar-refractivity contribution in [2.24, 2.45) is 11.8 Å². The summed E-state index contributed by atoms with van der Waals surface area (Å²) in [7, 11) is 0. The van der Waals surface area contributed by atoms with Gasteiger partial charge in [0.05, 0.1) is 0 Å². The summed E-state index contributed by atoms with van der Waals surface area (Å²) in [6.45, 7) is 8.63. The van der Waals surface area contributed by atoms with Gasteiger partial charge in [0.15, 0.2) is 0 Å². The van der Waals surface area contributed by atoms with Crippen LogP contribution < -0.4 is 5.32 Å². The molecule has 0 aliphatic carbocycles. The Morgan fingerprint density at radius 2 is 2.10 bits per heavy atom. The summed E-state index contributed by atoms with van der Waals surface area (Å²) in [6.07, 6.45) is 6.72. The van der Waals surface area contributed by atoms with Crippen molar-refractivity contribution in [2.45, 2.75) is 45.6 Å². The molecule has 2 aliphatic rings. The van der Waals surface area contributed by atoms with E-state index in [2.05, 4.69) is 41.4 Å². The van der Waals surface area contributed by atoms with E-state index >= 15 is 0 Å². The Hall–Kier alpha value is -0.860. The Kier molecular flexibility index (Phi) is 5.32. The number of piperidine rings is 1. The van der Waals surface area contributed by atoms with E-state index in [0.29, 0.717) is 0 Å². The van der Waals surface area contributed by atoms with E-state index < -0.39 is 0 Å². The van der Waals surface area contributed by atoms with Crippen LogP contribution in [0.4, 0.5) is 0 Å². The number of hydrogen-bond acceptors (Lipinski definition) is 2. The fourth-order valence-electron chi connectivity index (χ4n) is 3.95. The van der Waals surface area contributed by atoms with Crippen LogP contribution in [0.2, 0.25) is 0 Å². The summed E-state index contributed by atoms with van der Waals surface area (Å²) in [5, 5.41) is 3.56. The van der Waals surface area contributed by atoms with Crippen LogP contribution in [-0.2, 0) is 13.0 Å². The lowest BCUT2D eigenvalue weighted by Gasteiger charge is -2.30. The molecule has 0 spiro atoms. The van der Waals surface area contributed by atoms with E-state index in [0.717, 1.165) is 18.4 Å². The number of aryl methyl sites for hydroxylation is 1. The Balaban J connectivity index is 1.51. The predicted octanol–water partition coefficient (Wildman–Crippen LogP) is 3.46. The Labute approximate surface area is 129 Å². The lowest BCUT2D eigenvalue weighted by Crippen LogP contribution is -2.35. The molecular weight excluding hydrogens is 256 g/mol. The van der Waals surface area contributed by atoms with E-state index in [9.17, 15) is 0 Å². The number of fused-ring (bicyclic) bond motifs is 1. The highest BCUT2D eigenvalue weighted by atomic mass is 15.1. The van der Waals surface area contributed by atoms with E-state index in [4.69, 9.17) is 0 Å². The third-order valence-electron chi connectivity index (χ3n) is 5.47. The molecule has 1 aromatic rings. The number of hydrogen-bond donors (Lipinski definition) is 1. The summed E-state index contributed by atoms with van der Waals surface area (Å²) in [5.41, 5.74) is 3.13. The van der Waals surface area contributed by atoms with Crippen molar-refractivity contribution in [1.82, 2.24) is 10.2 Å². The van der Waals surface area contributed by atoms with Gasteiger partial charge in [-0.15, -0.1) is 0 Å². The first kappa shape index (κ1) is 15.1. The summed E-state index contributed by atoms with van der Waals surface area (Å²) in [5.74, 6) is 1.76. The maximum Gasteiger partial charge on any atom is 0.0236 e. The van der Waals surface area contributed by atoms with Gasteiger partial charge < -0.3 is 5.32 Å². The summed E-state index contributed by atoms with van der Waals surface area (Å²) >= 11 is 0. The quantitative estimate of drug-likeness (QED) is 0.912. The maximum atomic E-state index is 3.56. The molecule has 0 saturated carbocycles. The highest BCUT2D eigenvalue weighted by Crippen LogP contribution is 2.24. The second-order valence-electron chi connectivity index (χ2n) is 7.02. The molecule has 0 aromatic heterocycles. The fourth-order valence-corrected chi connectivity index (χ4v) is 3.95. The van der Waals surface area contributed by atoms with Crippen LogP contribution in [0, 0.1) is 11.8 Å². The minimum Gasteiger partial charge on any atom is -0.316 e. The van der Waals surface area contributed by atoms with Gasteiger partial charge >= 0.3 is 0 Å². The van der Waals surface area contributed by atoms with Gasteiger partial charge in [-0.05, 0) is 81.2 Å². The molecule has 1 saturated heterocycles. The summed E-state index contributed by atoms with van der Waals surface area (Å²) in [4.78, 5) is 2.68. The molecule has 21 heavy (non-hydrogen) atoms. The maximum absolute atomic E-state index is 3.56. The van der Waals surface area contributed by atoms with Crippen molar-refractivity contribution in [3.63, 3.8) is 0 Å². The molecule has 1 aromatic carbocycles. The highest BCUT2D eigenvalue weighted by Gasteiger charge is 2.21. The van der Waals surface area contributed by atoms with E-state index in [-0.39, 0.29) is 0 Å². The van der Waals surface area contributed by atoms with Crippen molar-refractivity contribution in [3.05, 3.63) is 35.4 Å². The number of benzene rings is 1. The van der Waals surface area contributed by atoms with Gasteiger partial charge in [0, 0.05) is 6.54 Å². The fraction of sp³-hybridized carbons (Fsp3) is 0.684. The minimum absolute atomic E-state index is 0.858. The van der Waals surface area contributed by atoms with Crippen LogP contribution >= 0.6 is 0 Å². The third kappa shape index (κ3) is 4.08. The zero-order valence-corrected chi connectivity index (χ0v) is 13.5. The second kappa shape index (κ2) is 7.42. The van der Waals surface area contributed by atoms with Crippen molar-refractivity contribution >= 4 is 0 Å². The minimum atomic E-state index is 0.858. The van der Waals surface area contributed by atoms with Crippen molar-refractivity contribution in [3.8, 4) is 0 Å². The van der Waals surface area contributed by atoms with Crippen molar-refractivity contribution in [1.29, 1.82) is 0 Å². The number of nitrogens with one attached hydrogen (secondary N) is 1. The third-order valence-corrected chi connectivity index (χ3v) is 5.47.